The number of ether oxygens (including phenoxy) is 1. The predicted octanol–water partition coefficient (Wildman–Crippen LogP) is 2.74. The Morgan fingerprint density at radius 2 is 2.00 bits per heavy atom. The summed E-state index contributed by atoms with van der Waals surface area (Å²) >= 11 is 0. The number of piperidine rings is 1. The van der Waals surface area contributed by atoms with Crippen molar-refractivity contribution in [3.63, 3.8) is 0 Å². The summed E-state index contributed by atoms with van der Waals surface area (Å²) < 4.78 is 5.09. The zero-order chi connectivity index (χ0) is 20.5. The summed E-state index contributed by atoms with van der Waals surface area (Å²) in [6.07, 6.45) is 1.57. The van der Waals surface area contributed by atoms with Crippen molar-refractivity contribution in [3.8, 4) is 0 Å². The second-order valence-corrected chi connectivity index (χ2v) is 7.30. The fourth-order valence-electron chi connectivity index (χ4n) is 3.23. The normalized spacial score (nSPS) is 15.3. The van der Waals surface area contributed by atoms with Crippen LogP contribution in [0.1, 0.15) is 37.8 Å². The fraction of sp³-hybridized carbons (Fsp3) is 0.619. The molecule has 1 saturated heterocycles. The molecule has 0 unspecified atom stereocenters. The van der Waals surface area contributed by atoms with Gasteiger partial charge in [0.2, 0.25) is 0 Å². The monoisotopic (exact) mass is 389 g/mol. The third-order valence-corrected chi connectivity index (χ3v) is 4.96. The van der Waals surface area contributed by atoms with Crippen LogP contribution in [0.4, 0.5) is 10.5 Å². The lowest BCUT2D eigenvalue weighted by Gasteiger charge is -2.32. The van der Waals surface area contributed by atoms with Gasteiger partial charge in [-0.1, -0.05) is 6.07 Å². The number of nitrogens with zero attached hydrogens (tertiary/aromatic N) is 3. The van der Waals surface area contributed by atoms with E-state index in [2.05, 4.69) is 47.6 Å². The van der Waals surface area contributed by atoms with E-state index in [1.54, 1.807) is 4.90 Å². The molecule has 0 aromatic heterocycles. The number of hydrogen-bond acceptors (Lipinski definition) is 4. The van der Waals surface area contributed by atoms with E-state index >= 15 is 0 Å². The van der Waals surface area contributed by atoms with Gasteiger partial charge in [0.25, 0.3) is 0 Å². The minimum Gasteiger partial charge on any atom is -0.450 e. The van der Waals surface area contributed by atoms with Crippen LogP contribution >= 0.6 is 0 Å². The number of rotatable bonds is 6. The first kappa shape index (κ1) is 21.9. The standard InChI is InChI=1S/C21H35N5O2/c1-6-22-20(23-15-17-8-9-19(25(4)5)14-16(17)3)24-18-10-12-26(13-11-18)21(27)28-7-2/h8-9,14,18H,6-7,10-13,15H2,1-5H3,(H2,22,23,24). The molecule has 1 aliphatic heterocycles. The summed E-state index contributed by atoms with van der Waals surface area (Å²) in [4.78, 5) is 20.5. The largest absolute Gasteiger partial charge is 0.450 e. The number of benzene rings is 1. The van der Waals surface area contributed by atoms with E-state index in [-0.39, 0.29) is 6.09 Å². The Labute approximate surface area is 169 Å². The number of guanidine groups is 1. The number of anilines is 1. The number of carbonyl (C=O) groups excluding carboxylic acids is 1. The second kappa shape index (κ2) is 10.8. The highest BCUT2D eigenvalue weighted by molar-refractivity contribution is 5.80. The van der Waals surface area contributed by atoms with Crippen LogP contribution in [-0.2, 0) is 11.3 Å². The Hall–Kier alpha value is -2.44. The van der Waals surface area contributed by atoms with E-state index in [0.29, 0.717) is 32.3 Å². The maximum Gasteiger partial charge on any atom is 0.409 e. The molecule has 1 amide bonds. The van der Waals surface area contributed by atoms with Crippen molar-refractivity contribution in [1.82, 2.24) is 15.5 Å². The highest BCUT2D eigenvalue weighted by Gasteiger charge is 2.24. The van der Waals surface area contributed by atoms with Crippen molar-refractivity contribution in [1.29, 1.82) is 0 Å². The summed E-state index contributed by atoms with van der Waals surface area (Å²) in [7, 11) is 4.10. The fourth-order valence-corrected chi connectivity index (χ4v) is 3.23. The first-order valence-corrected chi connectivity index (χ1v) is 10.2. The minimum absolute atomic E-state index is 0.210. The SMILES string of the molecule is CCNC(=NCc1ccc(N(C)C)cc1C)NC1CCN(C(=O)OCC)CC1. The summed E-state index contributed by atoms with van der Waals surface area (Å²) in [6.45, 7) is 9.32. The topological polar surface area (TPSA) is 69.2 Å². The van der Waals surface area contributed by atoms with Gasteiger partial charge in [-0.2, -0.15) is 0 Å². The summed E-state index contributed by atoms with van der Waals surface area (Å²) in [5.74, 6) is 0.827. The van der Waals surface area contributed by atoms with Crippen LogP contribution in [-0.4, -0.2) is 63.3 Å². The molecule has 1 aliphatic rings. The molecule has 156 valence electrons. The maximum absolute atomic E-state index is 11.8. The van der Waals surface area contributed by atoms with Crippen molar-refractivity contribution in [2.45, 2.75) is 46.2 Å². The lowest BCUT2D eigenvalue weighted by Crippen LogP contribution is -2.49. The molecule has 0 spiro atoms. The van der Waals surface area contributed by atoms with E-state index in [0.717, 1.165) is 25.3 Å². The molecule has 1 heterocycles. The minimum atomic E-state index is -0.210. The molecule has 2 rings (SSSR count). The van der Waals surface area contributed by atoms with Crippen LogP contribution in [0.15, 0.2) is 23.2 Å². The van der Waals surface area contributed by atoms with E-state index < -0.39 is 0 Å². The van der Waals surface area contributed by atoms with Crippen LogP contribution in [0.5, 0.6) is 0 Å². The van der Waals surface area contributed by atoms with Gasteiger partial charge < -0.3 is 25.2 Å². The number of aryl methyl sites for hydroxylation is 1. The number of carbonyl (C=O) groups is 1. The summed E-state index contributed by atoms with van der Waals surface area (Å²) in [6, 6.07) is 6.77. The van der Waals surface area contributed by atoms with Crippen molar-refractivity contribution >= 4 is 17.7 Å². The summed E-state index contributed by atoms with van der Waals surface area (Å²) in [5, 5.41) is 6.85. The van der Waals surface area contributed by atoms with E-state index in [9.17, 15) is 4.79 Å². The molecule has 7 nitrogen and oxygen atoms in total. The molecule has 2 N–H and O–H groups in total. The zero-order valence-corrected chi connectivity index (χ0v) is 17.9. The van der Waals surface area contributed by atoms with Gasteiger partial charge in [0.15, 0.2) is 5.96 Å². The number of amides is 1. The number of nitrogens with one attached hydrogen (secondary N) is 2. The van der Waals surface area contributed by atoms with Crippen LogP contribution in [0.2, 0.25) is 0 Å². The molecule has 0 saturated carbocycles. The number of likely N-dealkylation sites (tertiary alicyclic amines) is 1. The maximum atomic E-state index is 11.8. The van der Waals surface area contributed by atoms with E-state index in [1.807, 2.05) is 21.0 Å². The molecule has 1 aromatic rings. The second-order valence-electron chi connectivity index (χ2n) is 7.30. The van der Waals surface area contributed by atoms with Crippen molar-refractivity contribution < 1.29 is 9.53 Å². The van der Waals surface area contributed by atoms with Gasteiger partial charge in [-0.15, -0.1) is 0 Å². The van der Waals surface area contributed by atoms with Gasteiger partial charge in [-0.05, 0) is 56.9 Å². The number of hydrogen-bond donors (Lipinski definition) is 2. The predicted molar refractivity (Wildman–Crippen MR) is 115 cm³/mol. The van der Waals surface area contributed by atoms with Crippen molar-refractivity contribution in [2.24, 2.45) is 4.99 Å². The Bertz CT molecular complexity index is 667. The Morgan fingerprint density at radius 1 is 1.29 bits per heavy atom. The first-order valence-electron chi connectivity index (χ1n) is 10.2. The van der Waals surface area contributed by atoms with Crippen LogP contribution in [0, 0.1) is 6.92 Å². The first-order chi connectivity index (χ1) is 13.4. The van der Waals surface area contributed by atoms with Gasteiger partial charge in [0.1, 0.15) is 0 Å². The molecular formula is C21H35N5O2. The highest BCUT2D eigenvalue weighted by Crippen LogP contribution is 2.18. The average molecular weight is 390 g/mol. The molecule has 7 heteroatoms. The molecule has 1 fully saturated rings. The summed E-state index contributed by atoms with van der Waals surface area (Å²) in [5.41, 5.74) is 3.66. The van der Waals surface area contributed by atoms with Crippen LogP contribution < -0.4 is 15.5 Å². The third kappa shape index (κ3) is 6.32. The Balaban J connectivity index is 1.93. The molecule has 0 bridgehead atoms. The van der Waals surface area contributed by atoms with Crippen molar-refractivity contribution in [3.05, 3.63) is 29.3 Å². The Morgan fingerprint density at radius 3 is 2.57 bits per heavy atom. The lowest BCUT2D eigenvalue weighted by molar-refractivity contribution is 0.0963. The molecule has 0 atom stereocenters. The van der Waals surface area contributed by atoms with Gasteiger partial charge in [-0.3, -0.25) is 0 Å². The van der Waals surface area contributed by atoms with E-state index in [1.165, 1.54) is 16.8 Å². The van der Waals surface area contributed by atoms with Gasteiger partial charge in [0.05, 0.1) is 13.2 Å². The quantitative estimate of drug-likeness (QED) is 0.578. The highest BCUT2D eigenvalue weighted by atomic mass is 16.6. The van der Waals surface area contributed by atoms with E-state index in [4.69, 9.17) is 9.73 Å². The van der Waals surface area contributed by atoms with Crippen LogP contribution in [0.25, 0.3) is 0 Å². The Kier molecular flexibility index (Phi) is 8.42. The third-order valence-electron chi connectivity index (χ3n) is 4.96. The van der Waals surface area contributed by atoms with Crippen LogP contribution in [0.3, 0.4) is 0 Å². The smallest absolute Gasteiger partial charge is 0.409 e. The lowest BCUT2D eigenvalue weighted by atomic mass is 10.1. The number of aliphatic imine (C=N–C) groups is 1. The van der Waals surface area contributed by atoms with Crippen molar-refractivity contribution in [2.75, 3.05) is 45.2 Å². The average Bonchev–Trinajstić information content (AvgIpc) is 2.67. The molecular weight excluding hydrogens is 354 g/mol. The zero-order valence-electron chi connectivity index (χ0n) is 17.9. The molecule has 0 aliphatic carbocycles. The molecule has 0 radical (unpaired) electrons. The van der Waals surface area contributed by atoms with Gasteiger partial charge in [0, 0.05) is 45.5 Å². The van der Waals surface area contributed by atoms with Gasteiger partial charge >= 0.3 is 6.09 Å². The van der Waals surface area contributed by atoms with Gasteiger partial charge in [-0.25, -0.2) is 9.79 Å². The molecule has 1 aromatic carbocycles. The molecule has 28 heavy (non-hydrogen) atoms.